The number of hydrogen-bond acceptors (Lipinski definition) is 3. The van der Waals surface area contributed by atoms with Crippen molar-refractivity contribution in [1.29, 1.82) is 0 Å². The molecule has 0 saturated carbocycles. The molecular weight excluding hydrogens is 262 g/mol. The number of rotatable bonds is 4. The molecule has 4 nitrogen and oxygen atoms in total. The molecule has 1 atom stereocenters. The van der Waals surface area contributed by atoms with Gasteiger partial charge in [-0.3, -0.25) is 9.67 Å². The smallest absolute Gasteiger partial charge is 0.102 e. The normalized spacial score (nSPS) is 12.7. The van der Waals surface area contributed by atoms with Gasteiger partial charge in [0.25, 0.3) is 0 Å². The zero-order valence-electron chi connectivity index (χ0n) is 12.3. The quantitative estimate of drug-likeness (QED) is 0.799. The van der Waals surface area contributed by atoms with Crippen molar-refractivity contribution < 1.29 is 5.11 Å². The summed E-state index contributed by atoms with van der Waals surface area (Å²) in [4.78, 5) is 4.39. The van der Waals surface area contributed by atoms with Crippen LogP contribution in [0.25, 0.3) is 10.9 Å². The molecule has 0 saturated heterocycles. The van der Waals surface area contributed by atoms with Gasteiger partial charge in [-0.15, -0.1) is 0 Å². The number of aryl methyl sites for hydroxylation is 2. The van der Waals surface area contributed by atoms with Crippen molar-refractivity contribution in [2.75, 3.05) is 0 Å². The largest absolute Gasteiger partial charge is 0.386 e. The van der Waals surface area contributed by atoms with Crippen LogP contribution in [-0.4, -0.2) is 19.9 Å². The molecule has 0 spiro atoms. The van der Waals surface area contributed by atoms with E-state index in [1.54, 1.807) is 0 Å². The monoisotopic (exact) mass is 281 g/mol. The predicted octanol–water partition coefficient (Wildman–Crippen LogP) is 3.04. The number of pyridine rings is 1. The van der Waals surface area contributed by atoms with Crippen molar-refractivity contribution in [2.24, 2.45) is 0 Å². The van der Waals surface area contributed by atoms with Crippen LogP contribution in [0.15, 0.2) is 42.5 Å². The summed E-state index contributed by atoms with van der Waals surface area (Å²) >= 11 is 0. The lowest BCUT2D eigenvalue weighted by Crippen LogP contribution is -2.06. The zero-order valence-corrected chi connectivity index (χ0v) is 12.3. The lowest BCUT2D eigenvalue weighted by molar-refractivity contribution is 0.172. The van der Waals surface area contributed by atoms with Crippen LogP contribution >= 0.6 is 0 Å². The van der Waals surface area contributed by atoms with Gasteiger partial charge in [-0.05, 0) is 32.0 Å². The van der Waals surface area contributed by atoms with Crippen LogP contribution in [-0.2, 0) is 13.0 Å². The first kappa shape index (κ1) is 13.8. The molecule has 1 N–H and O–H groups in total. The number of para-hydroxylation sites is 1. The third kappa shape index (κ3) is 2.67. The standard InChI is InChI=1S/C17H19N3O/c1-3-20-16-10-5-4-8-13(16)15(19-20)11-17(21)14-9-6-7-12(2)18-14/h4-10,17,21H,3,11H2,1-2H3. The first-order valence-corrected chi connectivity index (χ1v) is 7.25. The van der Waals surface area contributed by atoms with Crippen molar-refractivity contribution in [2.45, 2.75) is 32.9 Å². The molecule has 0 amide bonds. The van der Waals surface area contributed by atoms with Crippen LogP contribution < -0.4 is 0 Å². The van der Waals surface area contributed by atoms with Crippen molar-refractivity contribution in [1.82, 2.24) is 14.8 Å². The predicted molar refractivity (Wildman–Crippen MR) is 83.0 cm³/mol. The molecule has 4 heteroatoms. The van der Waals surface area contributed by atoms with E-state index in [0.717, 1.165) is 28.8 Å². The van der Waals surface area contributed by atoms with Gasteiger partial charge in [-0.25, -0.2) is 0 Å². The third-order valence-corrected chi connectivity index (χ3v) is 3.67. The number of aromatic nitrogens is 3. The number of hydrogen-bond donors (Lipinski definition) is 1. The summed E-state index contributed by atoms with van der Waals surface area (Å²) in [6.45, 7) is 4.82. The molecule has 3 aromatic rings. The summed E-state index contributed by atoms with van der Waals surface area (Å²) in [7, 11) is 0. The summed E-state index contributed by atoms with van der Waals surface area (Å²) in [5.74, 6) is 0. The van der Waals surface area contributed by atoms with E-state index in [1.165, 1.54) is 0 Å². The van der Waals surface area contributed by atoms with Crippen molar-refractivity contribution >= 4 is 10.9 Å². The molecule has 0 aliphatic carbocycles. The Kier molecular flexibility index (Phi) is 3.71. The molecule has 1 aromatic carbocycles. The average molecular weight is 281 g/mol. The highest BCUT2D eigenvalue weighted by atomic mass is 16.3. The maximum absolute atomic E-state index is 10.4. The van der Waals surface area contributed by atoms with Gasteiger partial charge in [0.15, 0.2) is 0 Å². The molecule has 2 heterocycles. The average Bonchev–Trinajstić information content (AvgIpc) is 2.85. The number of fused-ring (bicyclic) bond motifs is 1. The first-order chi connectivity index (χ1) is 10.2. The molecule has 2 aromatic heterocycles. The summed E-state index contributed by atoms with van der Waals surface area (Å²) in [6.07, 6.45) is -0.155. The van der Waals surface area contributed by atoms with Gasteiger partial charge < -0.3 is 5.11 Å². The minimum Gasteiger partial charge on any atom is -0.386 e. The van der Waals surface area contributed by atoms with E-state index in [1.807, 2.05) is 41.9 Å². The van der Waals surface area contributed by atoms with Crippen LogP contribution in [0.3, 0.4) is 0 Å². The molecule has 0 radical (unpaired) electrons. The second-order valence-corrected chi connectivity index (χ2v) is 5.20. The first-order valence-electron chi connectivity index (χ1n) is 7.25. The van der Waals surface area contributed by atoms with Gasteiger partial charge in [0.2, 0.25) is 0 Å². The van der Waals surface area contributed by atoms with Crippen LogP contribution in [0.1, 0.15) is 30.1 Å². The Bertz CT molecular complexity index is 764. The summed E-state index contributed by atoms with van der Waals surface area (Å²) in [6, 6.07) is 13.8. The molecular formula is C17H19N3O. The highest BCUT2D eigenvalue weighted by molar-refractivity contribution is 5.82. The SMILES string of the molecule is CCn1nc(CC(O)c2cccc(C)n2)c2ccccc21. The Hall–Kier alpha value is -2.20. The number of nitrogens with zero attached hydrogens (tertiary/aromatic N) is 3. The van der Waals surface area contributed by atoms with E-state index < -0.39 is 6.10 Å². The molecule has 0 aliphatic rings. The van der Waals surface area contributed by atoms with Crippen molar-refractivity contribution in [3.05, 3.63) is 59.5 Å². The fourth-order valence-corrected chi connectivity index (χ4v) is 2.63. The van der Waals surface area contributed by atoms with Gasteiger partial charge in [-0.1, -0.05) is 24.3 Å². The lowest BCUT2D eigenvalue weighted by atomic mass is 10.1. The molecule has 0 bridgehead atoms. The molecule has 1 unspecified atom stereocenters. The second kappa shape index (κ2) is 5.66. The number of aliphatic hydroxyl groups is 1. The highest BCUT2D eigenvalue weighted by Gasteiger charge is 2.16. The summed E-state index contributed by atoms with van der Waals surface area (Å²) in [5, 5.41) is 16.2. The van der Waals surface area contributed by atoms with Gasteiger partial charge >= 0.3 is 0 Å². The molecule has 108 valence electrons. The minimum atomic E-state index is -0.631. The second-order valence-electron chi connectivity index (χ2n) is 5.20. The van der Waals surface area contributed by atoms with E-state index in [9.17, 15) is 5.11 Å². The minimum absolute atomic E-state index is 0.476. The molecule has 0 aliphatic heterocycles. The Labute approximate surface area is 124 Å². The molecule has 0 fully saturated rings. The Balaban J connectivity index is 1.94. The van der Waals surface area contributed by atoms with Gasteiger partial charge in [0, 0.05) is 24.0 Å². The Morgan fingerprint density at radius 1 is 1.14 bits per heavy atom. The maximum Gasteiger partial charge on any atom is 0.102 e. The van der Waals surface area contributed by atoms with Crippen LogP contribution in [0.2, 0.25) is 0 Å². The molecule has 3 rings (SSSR count). The number of aliphatic hydroxyl groups excluding tert-OH is 1. The van der Waals surface area contributed by atoms with E-state index in [2.05, 4.69) is 29.1 Å². The van der Waals surface area contributed by atoms with E-state index in [4.69, 9.17) is 0 Å². The van der Waals surface area contributed by atoms with Crippen LogP contribution in [0.5, 0.6) is 0 Å². The fraction of sp³-hybridized carbons (Fsp3) is 0.294. The van der Waals surface area contributed by atoms with Crippen LogP contribution in [0.4, 0.5) is 0 Å². The lowest BCUT2D eigenvalue weighted by Gasteiger charge is -2.09. The number of benzene rings is 1. The van der Waals surface area contributed by atoms with Crippen molar-refractivity contribution in [3.63, 3.8) is 0 Å². The Morgan fingerprint density at radius 2 is 1.95 bits per heavy atom. The summed E-state index contributed by atoms with van der Waals surface area (Å²) < 4.78 is 1.97. The molecule has 21 heavy (non-hydrogen) atoms. The van der Waals surface area contributed by atoms with Crippen molar-refractivity contribution in [3.8, 4) is 0 Å². The van der Waals surface area contributed by atoms with E-state index in [0.29, 0.717) is 12.1 Å². The zero-order chi connectivity index (χ0) is 14.8. The van der Waals surface area contributed by atoms with Gasteiger partial charge in [0.05, 0.1) is 16.9 Å². The van der Waals surface area contributed by atoms with E-state index >= 15 is 0 Å². The van der Waals surface area contributed by atoms with Crippen LogP contribution in [0, 0.1) is 6.92 Å². The van der Waals surface area contributed by atoms with Gasteiger partial charge in [-0.2, -0.15) is 5.10 Å². The third-order valence-electron chi connectivity index (χ3n) is 3.67. The Morgan fingerprint density at radius 3 is 2.71 bits per heavy atom. The maximum atomic E-state index is 10.4. The fourth-order valence-electron chi connectivity index (χ4n) is 2.63. The highest BCUT2D eigenvalue weighted by Crippen LogP contribution is 2.23. The summed E-state index contributed by atoms with van der Waals surface area (Å²) in [5.41, 5.74) is 3.64. The van der Waals surface area contributed by atoms with E-state index in [-0.39, 0.29) is 0 Å². The van der Waals surface area contributed by atoms with Gasteiger partial charge in [0.1, 0.15) is 6.10 Å². The topological polar surface area (TPSA) is 50.9 Å².